The molecule has 4 N–H and O–H groups in total. The first-order valence-electron chi connectivity index (χ1n) is 13.6. The first kappa shape index (κ1) is 27.5. The number of amides is 1. The summed E-state index contributed by atoms with van der Waals surface area (Å²) >= 11 is 4.11. The van der Waals surface area contributed by atoms with Crippen molar-refractivity contribution >= 4 is 63.1 Å². The molecule has 2 fully saturated rings. The van der Waals surface area contributed by atoms with Crippen molar-refractivity contribution in [2.24, 2.45) is 11.7 Å². The van der Waals surface area contributed by atoms with Gasteiger partial charge in [-0.1, -0.05) is 35.4 Å². The lowest BCUT2D eigenvalue weighted by Gasteiger charge is -2.35. The first-order valence-corrected chi connectivity index (χ1v) is 15.5. The summed E-state index contributed by atoms with van der Waals surface area (Å²) < 4.78 is 2.08. The van der Waals surface area contributed by atoms with Gasteiger partial charge in [0.2, 0.25) is 11.1 Å². The topological polar surface area (TPSA) is 120 Å². The summed E-state index contributed by atoms with van der Waals surface area (Å²) in [6.07, 6.45) is 6.88. The highest BCUT2D eigenvalue weighted by atomic mass is 127. The van der Waals surface area contributed by atoms with Gasteiger partial charge in [0.25, 0.3) is 0 Å². The normalized spacial score (nSPS) is 22.9. The molecule has 10 nitrogen and oxygen atoms in total. The van der Waals surface area contributed by atoms with Crippen LogP contribution < -0.4 is 16.0 Å². The Labute approximate surface area is 251 Å². The standard InChI is InChI=1S/C28H34IN9OS/c1-18-14-24(34-33-18)36(2)26-22-7-5-13-38(22)35-27(32-26)40-20-10-8-19(9-11-20)31-25(39)16-37-17-28(29)12-4-3-6-21(28)23(37)15-30/h5,7-11,13-14,21,23H,3-4,6,12,15-17,30H2,1-2H3,(H,31,39)(H,33,34)/t21-,23+,28-/m0/s1. The minimum absolute atomic E-state index is 0.000162. The van der Waals surface area contributed by atoms with Crippen molar-refractivity contribution in [3.8, 4) is 0 Å². The third kappa shape index (κ3) is 5.46. The molecule has 1 aromatic carbocycles. The number of halogens is 1. The number of hydrogen-bond acceptors (Lipinski definition) is 8. The van der Waals surface area contributed by atoms with Gasteiger partial charge < -0.3 is 16.0 Å². The van der Waals surface area contributed by atoms with Gasteiger partial charge in [0.15, 0.2) is 11.6 Å². The number of nitrogens with zero attached hydrogens (tertiary/aromatic N) is 6. The van der Waals surface area contributed by atoms with Crippen molar-refractivity contribution in [2.45, 2.75) is 52.1 Å². The van der Waals surface area contributed by atoms with Gasteiger partial charge in [0.05, 0.1) is 6.54 Å². The number of likely N-dealkylation sites (tertiary alicyclic amines) is 1. The molecule has 4 heterocycles. The van der Waals surface area contributed by atoms with Crippen LogP contribution in [0.1, 0.15) is 31.4 Å². The van der Waals surface area contributed by atoms with Gasteiger partial charge in [0, 0.05) is 58.1 Å². The number of aryl methyl sites for hydroxylation is 1. The summed E-state index contributed by atoms with van der Waals surface area (Å²) in [6, 6.07) is 14.0. The Hall–Kier alpha value is -2.68. The van der Waals surface area contributed by atoms with Crippen LogP contribution in [0.5, 0.6) is 0 Å². The molecule has 1 aliphatic heterocycles. The summed E-state index contributed by atoms with van der Waals surface area (Å²) in [6.45, 7) is 3.88. The van der Waals surface area contributed by atoms with Crippen LogP contribution in [0.2, 0.25) is 0 Å². The van der Waals surface area contributed by atoms with Crippen LogP contribution in [-0.4, -0.2) is 71.7 Å². The zero-order chi connectivity index (χ0) is 27.9. The van der Waals surface area contributed by atoms with Crippen LogP contribution in [-0.2, 0) is 4.79 Å². The van der Waals surface area contributed by atoms with Crippen LogP contribution in [0.4, 0.5) is 17.3 Å². The smallest absolute Gasteiger partial charge is 0.238 e. The average molecular weight is 672 g/mol. The highest BCUT2D eigenvalue weighted by Crippen LogP contribution is 2.49. The Balaban J connectivity index is 1.12. The number of aromatic amines is 1. The number of benzene rings is 1. The van der Waals surface area contributed by atoms with Gasteiger partial charge in [-0.25, -0.2) is 9.50 Å². The van der Waals surface area contributed by atoms with Crippen molar-refractivity contribution in [1.82, 2.24) is 29.7 Å². The van der Waals surface area contributed by atoms with E-state index in [0.717, 1.165) is 40.0 Å². The Morgan fingerprint density at radius 3 is 2.88 bits per heavy atom. The van der Waals surface area contributed by atoms with E-state index in [-0.39, 0.29) is 15.4 Å². The molecular weight excluding hydrogens is 637 g/mol. The van der Waals surface area contributed by atoms with Crippen LogP contribution >= 0.6 is 34.4 Å². The molecule has 1 amide bonds. The number of rotatable bonds is 8. The number of hydrogen-bond donors (Lipinski definition) is 3. The molecule has 2 aliphatic rings. The largest absolute Gasteiger partial charge is 0.329 e. The number of nitrogens with one attached hydrogen (secondary N) is 2. The minimum atomic E-state index is 0.000162. The van der Waals surface area contributed by atoms with Gasteiger partial charge in [-0.3, -0.25) is 14.8 Å². The quantitative estimate of drug-likeness (QED) is 0.183. The van der Waals surface area contributed by atoms with Crippen molar-refractivity contribution in [3.05, 3.63) is 54.4 Å². The van der Waals surface area contributed by atoms with E-state index >= 15 is 0 Å². The van der Waals surface area contributed by atoms with Crippen LogP contribution in [0, 0.1) is 12.8 Å². The fraction of sp³-hybridized carbons (Fsp3) is 0.429. The Morgan fingerprint density at radius 1 is 1.30 bits per heavy atom. The van der Waals surface area contributed by atoms with Crippen LogP contribution in [0.15, 0.2) is 58.7 Å². The molecular formula is C28H34IN9OS. The fourth-order valence-electron chi connectivity index (χ4n) is 6.13. The Morgan fingerprint density at radius 2 is 2.12 bits per heavy atom. The maximum absolute atomic E-state index is 13.0. The molecule has 6 rings (SSSR count). The highest BCUT2D eigenvalue weighted by molar-refractivity contribution is 14.1. The summed E-state index contributed by atoms with van der Waals surface area (Å²) in [5.41, 5.74) is 8.83. The third-order valence-electron chi connectivity index (χ3n) is 8.06. The molecule has 0 radical (unpaired) electrons. The predicted octanol–water partition coefficient (Wildman–Crippen LogP) is 4.63. The second-order valence-corrected chi connectivity index (χ2v) is 14.0. The lowest BCUT2D eigenvalue weighted by molar-refractivity contribution is -0.117. The molecule has 210 valence electrons. The number of carbonyl (C=O) groups excluding carboxylic acids is 1. The molecule has 1 saturated heterocycles. The van der Waals surface area contributed by atoms with Gasteiger partial charge in [-0.15, -0.1) is 5.10 Å². The summed E-state index contributed by atoms with van der Waals surface area (Å²) in [4.78, 5) is 23.1. The zero-order valence-electron chi connectivity index (χ0n) is 22.7. The number of H-pyrrole nitrogens is 1. The lowest BCUT2D eigenvalue weighted by Crippen LogP contribution is -2.43. The van der Waals surface area contributed by atoms with E-state index in [1.165, 1.54) is 37.4 Å². The second kappa shape index (κ2) is 11.3. The predicted molar refractivity (Wildman–Crippen MR) is 167 cm³/mol. The van der Waals surface area contributed by atoms with Crippen molar-refractivity contribution in [1.29, 1.82) is 0 Å². The molecule has 0 unspecified atom stereocenters. The van der Waals surface area contributed by atoms with Gasteiger partial charge in [-0.2, -0.15) is 5.10 Å². The Kier molecular flexibility index (Phi) is 7.77. The maximum Gasteiger partial charge on any atom is 0.238 e. The second-order valence-electron chi connectivity index (χ2n) is 10.8. The number of alkyl halides is 1. The van der Waals surface area contributed by atoms with E-state index in [0.29, 0.717) is 24.2 Å². The third-order valence-corrected chi connectivity index (χ3v) is 10.6. The van der Waals surface area contributed by atoms with E-state index in [1.54, 1.807) is 0 Å². The number of aromatic nitrogens is 5. The fourth-order valence-corrected chi connectivity index (χ4v) is 8.42. The number of anilines is 3. The van der Waals surface area contributed by atoms with E-state index in [4.69, 9.17) is 10.7 Å². The van der Waals surface area contributed by atoms with Crippen molar-refractivity contribution in [2.75, 3.05) is 36.9 Å². The summed E-state index contributed by atoms with van der Waals surface area (Å²) in [5.74, 6) is 2.13. The van der Waals surface area contributed by atoms with E-state index in [9.17, 15) is 4.79 Å². The highest BCUT2D eigenvalue weighted by Gasteiger charge is 2.51. The Bertz CT molecular complexity index is 1510. The molecule has 0 spiro atoms. The summed E-state index contributed by atoms with van der Waals surface area (Å²) in [7, 11) is 1.95. The molecule has 12 heteroatoms. The van der Waals surface area contributed by atoms with Gasteiger partial charge in [-0.05, 0) is 73.8 Å². The molecule has 3 atom stereocenters. The zero-order valence-corrected chi connectivity index (χ0v) is 25.7. The molecule has 3 aromatic heterocycles. The molecule has 40 heavy (non-hydrogen) atoms. The minimum Gasteiger partial charge on any atom is -0.329 e. The molecule has 0 bridgehead atoms. The molecule has 1 saturated carbocycles. The number of fused-ring (bicyclic) bond motifs is 2. The van der Waals surface area contributed by atoms with E-state index in [1.807, 2.05) is 72.0 Å². The van der Waals surface area contributed by atoms with Gasteiger partial charge >= 0.3 is 0 Å². The molecule has 4 aromatic rings. The SMILES string of the molecule is Cc1cc(N(C)c2nc(Sc3ccc(NC(=O)CN4C[C@@]5(I)CCCC[C@H]5[C@H]4CN)cc3)nn3cccc23)n[nH]1. The van der Waals surface area contributed by atoms with E-state index < -0.39 is 0 Å². The van der Waals surface area contributed by atoms with Crippen LogP contribution in [0.3, 0.4) is 0 Å². The first-order chi connectivity index (χ1) is 19.3. The van der Waals surface area contributed by atoms with Gasteiger partial charge in [0.1, 0.15) is 5.52 Å². The average Bonchev–Trinajstić information content (AvgIpc) is 3.65. The van der Waals surface area contributed by atoms with Crippen LogP contribution in [0.25, 0.3) is 5.52 Å². The lowest BCUT2D eigenvalue weighted by atomic mass is 9.78. The monoisotopic (exact) mass is 671 g/mol. The van der Waals surface area contributed by atoms with Crippen molar-refractivity contribution in [3.63, 3.8) is 0 Å². The number of carbonyl (C=O) groups is 1. The van der Waals surface area contributed by atoms with E-state index in [2.05, 4.69) is 48.1 Å². The number of nitrogens with two attached hydrogens (primary N) is 1. The molecule has 1 aliphatic carbocycles. The maximum atomic E-state index is 13.0. The van der Waals surface area contributed by atoms with Crippen molar-refractivity contribution < 1.29 is 4.79 Å². The summed E-state index contributed by atoms with van der Waals surface area (Å²) in [5, 5.41) is 15.7.